The van der Waals surface area contributed by atoms with E-state index >= 15 is 0 Å². The van der Waals surface area contributed by atoms with Crippen molar-refractivity contribution in [2.45, 2.75) is 23.3 Å². The van der Waals surface area contributed by atoms with Crippen LogP contribution in [0, 0.1) is 5.92 Å². The van der Waals surface area contributed by atoms with Crippen molar-refractivity contribution in [2.75, 3.05) is 38.5 Å². The highest BCUT2D eigenvalue weighted by Crippen LogP contribution is 2.50. The number of fused-ring (bicyclic) bond motifs is 3. The van der Waals surface area contributed by atoms with E-state index in [1.165, 1.54) is 5.56 Å². The van der Waals surface area contributed by atoms with Gasteiger partial charge in [-0.15, -0.1) is 0 Å². The fourth-order valence-corrected chi connectivity index (χ4v) is 6.36. The first-order chi connectivity index (χ1) is 14.0. The molecule has 2 aromatic carbocycles. The first kappa shape index (κ1) is 18.9. The van der Waals surface area contributed by atoms with Crippen molar-refractivity contribution in [3.05, 3.63) is 71.8 Å². The van der Waals surface area contributed by atoms with Crippen LogP contribution in [-0.2, 0) is 10.0 Å². The van der Waals surface area contributed by atoms with E-state index in [0.717, 1.165) is 30.8 Å². The molecule has 5 rings (SSSR count). The second-order valence-electron chi connectivity index (χ2n) is 8.34. The molecule has 0 amide bonds. The van der Waals surface area contributed by atoms with Crippen molar-refractivity contribution in [1.82, 2.24) is 9.21 Å². The van der Waals surface area contributed by atoms with Crippen LogP contribution in [0.15, 0.2) is 65.6 Å². The summed E-state index contributed by atoms with van der Waals surface area (Å²) in [5.41, 5.74) is 3.43. The van der Waals surface area contributed by atoms with Gasteiger partial charge in [0.1, 0.15) is 0 Å². The number of nitrogens with one attached hydrogen (secondary N) is 1. The van der Waals surface area contributed by atoms with E-state index in [4.69, 9.17) is 0 Å². The fraction of sp³-hybridized carbons (Fsp3) is 0.391. The number of hydrogen-bond acceptors (Lipinski definition) is 4. The lowest BCUT2D eigenvalue weighted by molar-refractivity contribution is 0.222. The molecule has 3 atom stereocenters. The molecule has 0 bridgehead atoms. The summed E-state index contributed by atoms with van der Waals surface area (Å²) in [6.07, 6.45) is 5.50. The maximum absolute atomic E-state index is 13.2. The Balaban J connectivity index is 1.49. The second-order valence-corrected chi connectivity index (χ2v) is 10.3. The van der Waals surface area contributed by atoms with Crippen molar-refractivity contribution < 1.29 is 8.42 Å². The predicted octanol–water partition coefficient (Wildman–Crippen LogP) is 3.45. The van der Waals surface area contributed by atoms with Crippen LogP contribution in [0.3, 0.4) is 0 Å². The average molecular weight is 410 g/mol. The zero-order chi connectivity index (χ0) is 20.0. The summed E-state index contributed by atoms with van der Waals surface area (Å²) in [6.45, 7) is 2.66. The second kappa shape index (κ2) is 7.27. The van der Waals surface area contributed by atoms with Crippen molar-refractivity contribution >= 4 is 15.7 Å². The summed E-state index contributed by atoms with van der Waals surface area (Å²) in [5.74, 6) is 0.658. The molecular formula is C23H27N3O2S. The summed E-state index contributed by atoms with van der Waals surface area (Å²) in [6, 6.07) is 16.4. The molecule has 0 aromatic heterocycles. The van der Waals surface area contributed by atoms with Crippen LogP contribution in [0.1, 0.15) is 29.5 Å². The quantitative estimate of drug-likeness (QED) is 0.789. The zero-order valence-corrected chi connectivity index (χ0v) is 17.5. The molecule has 0 radical (unpaired) electrons. The third-order valence-corrected chi connectivity index (χ3v) is 8.49. The van der Waals surface area contributed by atoms with Crippen molar-refractivity contribution in [3.8, 4) is 0 Å². The molecule has 1 aliphatic carbocycles. The Labute approximate surface area is 173 Å². The van der Waals surface area contributed by atoms with Crippen LogP contribution in [0.2, 0.25) is 0 Å². The van der Waals surface area contributed by atoms with E-state index in [1.807, 2.05) is 25.2 Å². The predicted molar refractivity (Wildman–Crippen MR) is 115 cm³/mol. The Morgan fingerprint density at radius 1 is 1.00 bits per heavy atom. The van der Waals surface area contributed by atoms with Gasteiger partial charge in [0.05, 0.1) is 10.9 Å². The van der Waals surface area contributed by atoms with Crippen LogP contribution in [0.5, 0.6) is 0 Å². The highest BCUT2D eigenvalue weighted by molar-refractivity contribution is 7.89. The number of rotatable bonds is 3. The van der Waals surface area contributed by atoms with Gasteiger partial charge < -0.3 is 10.2 Å². The maximum Gasteiger partial charge on any atom is 0.243 e. The molecule has 0 spiro atoms. The summed E-state index contributed by atoms with van der Waals surface area (Å²) in [7, 11) is -1.43. The molecule has 2 heterocycles. The molecule has 5 nitrogen and oxygen atoms in total. The molecule has 1 saturated heterocycles. The summed E-state index contributed by atoms with van der Waals surface area (Å²) >= 11 is 0. The standard InChI is InChI=1S/C23H27N3O2S/c1-25-12-14-26(15-13-25)29(27,28)18-10-11-22-21(16-18)19-8-5-9-20(19)23(24-22)17-6-3-2-4-7-17/h2-8,10-11,16,19-20,23-24H,9,12-15H2,1H3. The minimum atomic E-state index is -3.46. The Bertz CT molecular complexity index is 1030. The number of anilines is 1. The van der Waals surface area contributed by atoms with Crippen LogP contribution >= 0.6 is 0 Å². The average Bonchev–Trinajstić information content (AvgIpc) is 3.24. The van der Waals surface area contributed by atoms with E-state index in [9.17, 15) is 8.42 Å². The van der Waals surface area contributed by atoms with Gasteiger partial charge in [0, 0.05) is 37.8 Å². The number of likely N-dealkylation sites (N-methyl/N-ethyl adjacent to an activating group) is 1. The number of sulfonamides is 1. The van der Waals surface area contributed by atoms with Crippen LogP contribution < -0.4 is 5.32 Å². The molecule has 1 N–H and O–H groups in total. The van der Waals surface area contributed by atoms with E-state index in [0.29, 0.717) is 23.9 Å². The van der Waals surface area contributed by atoms with Gasteiger partial charge in [-0.3, -0.25) is 0 Å². The molecule has 3 aliphatic rings. The number of nitrogens with zero attached hydrogens (tertiary/aromatic N) is 2. The first-order valence-electron chi connectivity index (χ1n) is 10.3. The molecular weight excluding hydrogens is 382 g/mol. The van der Waals surface area contributed by atoms with Crippen molar-refractivity contribution in [2.24, 2.45) is 5.92 Å². The lowest BCUT2D eigenvalue weighted by atomic mass is 9.77. The van der Waals surface area contributed by atoms with E-state index in [1.54, 1.807) is 10.4 Å². The van der Waals surface area contributed by atoms with E-state index < -0.39 is 10.0 Å². The van der Waals surface area contributed by atoms with Crippen molar-refractivity contribution in [1.29, 1.82) is 0 Å². The molecule has 152 valence electrons. The zero-order valence-electron chi connectivity index (χ0n) is 16.7. The Hall–Kier alpha value is -2.15. The van der Waals surface area contributed by atoms with E-state index in [2.05, 4.69) is 46.6 Å². The number of allylic oxidation sites excluding steroid dienone is 2. The molecule has 2 aromatic rings. The summed E-state index contributed by atoms with van der Waals surface area (Å²) in [4.78, 5) is 2.58. The lowest BCUT2D eigenvalue weighted by Crippen LogP contribution is -2.47. The number of benzene rings is 2. The molecule has 0 saturated carbocycles. The highest BCUT2D eigenvalue weighted by atomic mass is 32.2. The highest BCUT2D eigenvalue weighted by Gasteiger charge is 2.39. The molecule has 6 heteroatoms. The topological polar surface area (TPSA) is 52.7 Å². The van der Waals surface area contributed by atoms with Gasteiger partial charge in [-0.1, -0.05) is 42.5 Å². The number of piperazine rings is 1. The van der Waals surface area contributed by atoms with Gasteiger partial charge in [-0.25, -0.2) is 8.42 Å². The minimum absolute atomic E-state index is 0.240. The normalized spacial score (nSPS) is 27.3. The summed E-state index contributed by atoms with van der Waals surface area (Å²) < 4.78 is 28.1. The minimum Gasteiger partial charge on any atom is -0.378 e. The largest absolute Gasteiger partial charge is 0.378 e. The van der Waals surface area contributed by atoms with Crippen LogP contribution in [0.4, 0.5) is 5.69 Å². The third kappa shape index (κ3) is 3.29. The Morgan fingerprint density at radius 3 is 2.52 bits per heavy atom. The lowest BCUT2D eigenvalue weighted by Gasteiger charge is -2.38. The first-order valence-corrected chi connectivity index (χ1v) is 11.8. The van der Waals surface area contributed by atoms with Gasteiger partial charge in [-0.2, -0.15) is 4.31 Å². The maximum atomic E-state index is 13.2. The van der Waals surface area contributed by atoms with Gasteiger partial charge in [0.15, 0.2) is 0 Å². The third-order valence-electron chi connectivity index (χ3n) is 6.59. The smallest absolute Gasteiger partial charge is 0.243 e. The summed E-state index contributed by atoms with van der Waals surface area (Å²) in [5, 5.41) is 3.69. The van der Waals surface area contributed by atoms with Gasteiger partial charge in [0.25, 0.3) is 0 Å². The van der Waals surface area contributed by atoms with Gasteiger partial charge in [-0.05, 0) is 48.7 Å². The van der Waals surface area contributed by atoms with Crippen molar-refractivity contribution in [3.63, 3.8) is 0 Å². The molecule has 29 heavy (non-hydrogen) atoms. The van der Waals surface area contributed by atoms with Gasteiger partial charge in [0.2, 0.25) is 10.0 Å². The Morgan fingerprint density at radius 2 is 1.76 bits per heavy atom. The Kier molecular flexibility index (Phi) is 4.73. The van der Waals surface area contributed by atoms with Crippen LogP contribution in [0.25, 0.3) is 0 Å². The van der Waals surface area contributed by atoms with Crippen LogP contribution in [-0.4, -0.2) is 50.8 Å². The fourth-order valence-electron chi connectivity index (χ4n) is 4.90. The monoisotopic (exact) mass is 409 g/mol. The van der Waals surface area contributed by atoms with Gasteiger partial charge >= 0.3 is 0 Å². The van der Waals surface area contributed by atoms with E-state index in [-0.39, 0.29) is 12.0 Å². The molecule has 2 aliphatic heterocycles. The molecule has 1 fully saturated rings. The SMILES string of the molecule is CN1CCN(S(=O)(=O)c2ccc3c(c2)C2C=CCC2C(c2ccccc2)N3)CC1. The number of hydrogen-bond donors (Lipinski definition) is 1. The molecule has 3 unspecified atom stereocenters.